The minimum Gasteiger partial charge on any atom is -0.309 e. The summed E-state index contributed by atoms with van der Waals surface area (Å²) in [5.74, 6) is 0. The van der Waals surface area contributed by atoms with Gasteiger partial charge in [0.15, 0.2) is 0 Å². The molecule has 0 saturated heterocycles. The van der Waals surface area contributed by atoms with E-state index in [9.17, 15) is 0 Å². The number of fused-ring (bicyclic) bond motifs is 4. The van der Waals surface area contributed by atoms with Gasteiger partial charge in [0.25, 0.3) is 0 Å². The van der Waals surface area contributed by atoms with Crippen molar-refractivity contribution in [2.75, 3.05) is 4.90 Å². The number of nitrogens with zero attached hydrogens (tertiary/aromatic N) is 1. The third kappa shape index (κ3) is 2.00. The molecule has 0 fully saturated rings. The number of anilines is 3. The molecule has 0 N–H and O–H groups in total. The molecule has 27 heavy (non-hydrogen) atoms. The Morgan fingerprint density at radius 1 is 0.481 bits per heavy atom. The van der Waals surface area contributed by atoms with E-state index in [2.05, 4.69) is 108 Å². The summed E-state index contributed by atoms with van der Waals surface area (Å²) >= 11 is 0. The van der Waals surface area contributed by atoms with E-state index in [1.54, 1.807) is 0 Å². The van der Waals surface area contributed by atoms with E-state index >= 15 is 0 Å². The molecule has 0 aromatic heterocycles. The molecule has 1 nitrogen and oxygen atoms in total. The fourth-order valence-corrected chi connectivity index (χ4v) is 4.42. The molecule has 5 aromatic rings. The quantitative estimate of drug-likeness (QED) is 0.280. The molecule has 0 bridgehead atoms. The number of para-hydroxylation sites is 2. The van der Waals surface area contributed by atoms with Crippen molar-refractivity contribution in [2.24, 2.45) is 0 Å². The Balaban J connectivity index is 1.84. The van der Waals surface area contributed by atoms with Gasteiger partial charge in [-0.1, -0.05) is 78.9 Å². The van der Waals surface area contributed by atoms with Gasteiger partial charge in [-0.15, -0.1) is 0 Å². The fraction of sp³-hybridized carbons (Fsp3) is 0. The molecule has 0 atom stereocenters. The van der Waals surface area contributed by atoms with Gasteiger partial charge in [-0.2, -0.15) is 0 Å². The van der Waals surface area contributed by atoms with Crippen molar-refractivity contribution in [2.45, 2.75) is 0 Å². The van der Waals surface area contributed by atoms with Gasteiger partial charge < -0.3 is 4.90 Å². The summed E-state index contributed by atoms with van der Waals surface area (Å²) in [6.07, 6.45) is 0. The SMILES string of the molecule is c1ccc(N2c3ccccc3-c3cccc4c3c2cc2ccccc24)cc1. The Hall–Kier alpha value is -3.58. The highest BCUT2D eigenvalue weighted by atomic mass is 15.2. The lowest BCUT2D eigenvalue weighted by atomic mass is 9.88. The first-order valence-electron chi connectivity index (χ1n) is 9.31. The van der Waals surface area contributed by atoms with Crippen molar-refractivity contribution in [3.05, 3.63) is 103 Å². The first-order valence-corrected chi connectivity index (χ1v) is 9.31. The molecule has 0 saturated carbocycles. The highest BCUT2D eigenvalue weighted by Gasteiger charge is 2.26. The predicted molar refractivity (Wildman–Crippen MR) is 115 cm³/mol. The average Bonchev–Trinajstić information content (AvgIpc) is 2.75. The Morgan fingerprint density at radius 3 is 2.11 bits per heavy atom. The lowest BCUT2D eigenvalue weighted by Gasteiger charge is -2.34. The molecule has 6 rings (SSSR count). The molecule has 0 unspecified atom stereocenters. The molecule has 0 aliphatic carbocycles. The van der Waals surface area contributed by atoms with E-state index in [-0.39, 0.29) is 0 Å². The zero-order valence-corrected chi connectivity index (χ0v) is 14.8. The maximum Gasteiger partial charge on any atom is 0.0552 e. The topological polar surface area (TPSA) is 3.24 Å². The first-order chi connectivity index (χ1) is 13.4. The molecule has 0 amide bonds. The van der Waals surface area contributed by atoms with Gasteiger partial charge in [0.05, 0.1) is 11.4 Å². The van der Waals surface area contributed by atoms with Gasteiger partial charge in [-0.05, 0) is 46.0 Å². The summed E-state index contributed by atoms with van der Waals surface area (Å²) in [6.45, 7) is 0. The van der Waals surface area contributed by atoms with Crippen LogP contribution in [-0.4, -0.2) is 0 Å². The van der Waals surface area contributed by atoms with Gasteiger partial charge in [0.1, 0.15) is 0 Å². The van der Waals surface area contributed by atoms with Crippen molar-refractivity contribution in [1.82, 2.24) is 0 Å². The summed E-state index contributed by atoms with van der Waals surface area (Å²) in [5.41, 5.74) is 6.28. The maximum absolute atomic E-state index is 2.40. The Kier molecular flexibility index (Phi) is 2.95. The minimum absolute atomic E-state index is 1.19. The zero-order valence-electron chi connectivity index (χ0n) is 14.8. The maximum atomic E-state index is 2.40. The fourth-order valence-electron chi connectivity index (χ4n) is 4.42. The molecule has 5 aromatic carbocycles. The molecule has 0 spiro atoms. The molecule has 1 heteroatoms. The van der Waals surface area contributed by atoms with E-state index in [1.165, 1.54) is 49.7 Å². The third-order valence-electron chi connectivity index (χ3n) is 5.55. The van der Waals surface area contributed by atoms with Crippen LogP contribution in [0, 0.1) is 0 Å². The molecular formula is C26H17N. The smallest absolute Gasteiger partial charge is 0.0552 e. The highest BCUT2D eigenvalue weighted by molar-refractivity contribution is 6.22. The second kappa shape index (κ2) is 5.46. The van der Waals surface area contributed by atoms with Crippen molar-refractivity contribution < 1.29 is 0 Å². The van der Waals surface area contributed by atoms with Crippen LogP contribution in [0.3, 0.4) is 0 Å². The van der Waals surface area contributed by atoms with E-state index in [0.29, 0.717) is 0 Å². The van der Waals surface area contributed by atoms with Crippen molar-refractivity contribution >= 4 is 38.6 Å². The lowest BCUT2D eigenvalue weighted by molar-refractivity contribution is 1.29. The van der Waals surface area contributed by atoms with Crippen molar-refractivity contribution in [3.8, 4) is 11.1 Å². The summed E-state index contributed by atoms with van der Waals surface area (Å²) in [5, 5.41) is 5.23. The first kappa shape index (κ1) is 14.6. The lowest BCUT2D eigenvalue weighted by Crippen LogP contribution is -2.15. The summed E-state index contributed by atoms with van der Waals surface area (Å²) in [7, 11) is 0. The molecule has 1 heterocycles. The average molecular weight is 343 g/mol. The standard InChI is InChI=1S/C26H17N/c1-2-10-19(11-3-1)27-24-16-7-6-13-21(24)23-15-8-14-22-20-12-5-4-9-18(20)17-25(27)26(22)23/h1-17H. The number of benzene rings is 5. The minimum atomic E-state index is 1.19. The monoisotopic (exact) mass is 343 g/mol. The van der Waals surface area contributed by atoms with Gasteiger partial charge in [-0.25, -0.2) is 0 Å². The van der Waals surface area contributed by atoms with E-state index in [1.807, 2.05) is 0 Å². The van der Waals surface area contributed by atoms with Crippen LogP contribution in [-0.2, 0) is 0 Å². The highest BCUT2D eigenvalue weighted by Crippen LogP contribution is 2.52. The largest absolute Gasteiger partial charge is 0.309 e. The molecule has 0 radical (unpaired) electrons. The van der Waals surface area contributed by atoms with Crippen LogP contribution >= 0.6 is 0 Å². The van der Waals surface area contributed by atoms with Crippen molar-refractivity contribution in [3.63, 3.8) is 0 Å². The molecule has 1 aliphatic rings. The Bertz CT molecular complexity index is 1320. The second-order valence-corrected chi connectivity index (χ2v) is 7.03. The number of hydrogen-bond acceptors (Lipinski definition) is 1. The van der Waals surface area contributed by atoms with Gasteiger partial charge in [0.2, 0.25) is 0 Å². The summed E-state index contributed by atoms with van der Waals surface area (Å²) in [6, 6.07) is 37.1. The predicted octanol–water partition coefficient (Wildman–Crippen LogP) is 7.44. The van der Waals surface area contributed by atoms with Crippen LogP contribution in [0.15, 0.2) is 103 Å². The van der Waals surface area contributed by atoms with E-state index in [0.717, 1.165) is 0 Å². The normalized spacial score (nSPS) is 12.4. The van der Waals surface area contributed by atoms with Gasteiger partial charge in [0, 0.05) is 16.6 Å². The van der Waals surface area contributed by atoms with Crippen LogP contribution < -0.4 is 4.90 Å². The van der Waals surface area contributed by atoms with Gasteiger partial charge in [-0.3, -0.25) is 0 Å². The van der Waals surface area contributed by atoms with E-state index in [4.69, 9.17) is 0 Å². The van der Waals surface area contributed by atoms with Crippen LogP contribution in [0.5, 0.6) is 0 Å². The third-order valence-corrected chi connectivity index (χ3v) is 5.55. The van der Waals surface area contributed by atoms with Crippen molar-refractivity contribution in [1.29, 1.82) is 0 Å². The Morgan fingerprint density at radius 2 is 1.19 bits per heavy atom. The second-order valence-electron chi connectivity index (χ2n) is 7.03. The van der Waals surface area contributed by atoms with Crippen LogP contribution in [0.1, 0.15) is 0 Å². The van der Waals surface area contributed by atoms with Crippen LogP contribution in [0.4, 0.5) is 17.1 Å². The number of rotatable bonds is 1. The van der Waals surface area contributed by atoms with Crippen LogP contribution in [0.2, 0.25) is 0 Å². The molecule has 1 aliphatic heterocycles. The van der Waals surface area contributed by atoms with Crippen LogP contribution in [0.25, 0.3) is 32.7 Å². The van der Waals surface area contributed by atoms with Gasteiger partial charge >= 0.3 is 0 Å². The van der Waals surface area contributed by atoms with E-state index < -0.39 is 0 Å². The molecular weight excluding hydrogens is 326 g/mol. The zero-order chi connectivity index (χ0) is 17.8. The number of hydrogen-bond donors (Lipinski definition) is 0. The Labute approximate surface area is 158 Å². The molecule has 126 valence electrons. The summed E-state index contributed by atoms with van der Waals surface area (Å²) < 4.78 is 0. The summed E-state index contributed by atoms with van der Waals surface area (Å²) in [4.78, 5) is 2.40.